The van der Waals surface area contributed by atoms with Crippen molar-refractivity contribution in [2.24, 2.45) is 5.73 Å². The maximum Gasteiger partial charge on any atom is 0.226 e. The van der Waals surface area contributed by atoms with Crippen LogP contribution < -0.4 is 11.1 Å². The average Bonchev–Trinajstić information content (AvgIpc) is 2.42. The molecule has 1 heterocycles. The van der Waals surface area contributed by atoms with Crippen LogP contribution in [0.4, 0.5) is 5.69 Å². The molecular formula is C14H14BrN3O. The zero-order valence-corrected chi connectivity index (χ0v) is 11.8. The van der Waals surface area contributed by atoms with Gasteiger partial charge < -0.3 is 11.1 Å². The minimum absolute atomic E-state index is 0.134. The minimum atomic E-state index is -0.309. The zero-order chi connectivity index (χ0) is 13.7. The molecule has 0 radical (unpaired) electrons. The number of hydrogen-bond acceptors (Lipinski definition) is 3. The van der Waals surface area contributed by atoms with Gasteiger partial charge in [-0.15, -0.1) is 0 Å². The van der Waals surface area contributed by atoms with Crippen molar-refractivity contribution in [2.45, 2.75) is 12.5 Å². The molecule has 3 N–H and O–H groups in total. The van der Waals surface area contributed by atoms with E-state index in [9.17, 15) is 4.79 Å². The smallest absolute Gasteiger partial charge is 0.226 e. The lowest BCUT2D eigenvalue weighted by atomic mass is 10.0. The summed E-state index contributed by atoms with van der Waals surface area (Å²) < 4.78 is 0.608. The fourth-order valence-corrected chi connectivity index (χ4v) is 2.05. The molecule has 98 valence electrons. The van der Waals surface area contributed by atoms with Crippen LogP contribution >= 0.6 is 15.9 Å². The van der Waals surface area contributed by atoms with Crippen LogP contribution in [-0.2, 0) is 4.79 Å². The van der Waals surface area contributed by atoms with Gasteiger partial charge in [-0.1, -0.05) is 30.3 Å². The van der Waals surface area contributed by atoms with Crippen molar-refractivity contribution in [2.75, 3.05) is 5.32 Å². The number of nitrogens with two attached hydrogens (primary N) is 1. The summed E-state index contributed by atoms with van der Waals surface area (Å²) in [5, 5.41) is 2.78. The second-order valence-electron chi connectivity index (χ2n) is 4.11. The van der Waals surface area contributed by atoms with Crippen molar-refractivity contribution in [1.82, 2.24) is 4.98 Å². The molecule has 2 aromatic rings. The Morgan fingerprint density at radius 3 is 2.68 bits per heavy atom. The number of nitrogens with one attached hydrogen (secondary N) is 1. The first-order valence-corrected chi connectivity index (χ1v) is 6.67. The molecule has 0 aliphatic carbocycles. The lowest BCUT2D eigenvalue weighted by molar-refractivity contribution is -0.116. The molecule has 1 aromatic carbocycles. The van der Waals surface area contributed by atoms with Crippen LogP contribution in [0.15, 0.2) is 53.3 Å². The third kappa shape index (κ3) is 3.87. The predicted molar refractivity (Wildman–Crippen MR) is 78.6 cm³/mol. The Bertz CT molecular complexity index is 560. The molecular weight excluding hydrogens is 306 g/mol. The van der Waals surface area contributed by atoms with Crippen LogP contribution in [0, 0.1) is 0 Å². The molecule has 19 heavy (non-hydrogen) atoms. The summed E-state index contributed by atoms with van der Waals surface area (Å²) >= 11 is 3.28. The monoisotopic (exact) mass is 319 g/mol. The lowest BCUT2D eigenvalue weighted by Crippen LogP contribution is -2.20. The summed E-state index contributed by atoms with van der Waals surface area (Å²) in [4.78, 5) is 15.9. The number of rotatable bonds is 4. The maximum absolute atomic E-state index is 11.9. The zero-order valence-electron chi connectivity index (χ0n) is 10.2. The number of pyridine rings is 1. The maximum atomic E-state index is 11.9. The molecule has 2 rings (SSSR count). The van der Waals surface area contributed by atoms with Crippen molar-refractivity contribution in [3.05, 3.63) is 58.8 Å². The van der Waals surface area contributed by atoms with Crippen LogP contribution in [0.2, 0.25) is 0 Å². The minimum Gasteiger partial charge on any atom is -0.324 e. The van der Waals surface area contributed by atoms with Crippen molar-refractivity contribution >= 4 is 27.5 Å². The van der Waals surface area contributed by atoms with Gasteiger partial charge in [0.1, 0.15) is 4.60 Å². The molecule has 1 unspecified atom stereocenters. The average molecular weight is 320 g/mol. The number of hydrogen-bond donors (Lipinski definition) is 2. The van der Waals surface area contributed by atoms with Crippen molar-refractivity contribution in [1.29, 1.82) is 0 Å². The van der Waals surface area contributed by atoms with E-state index >= 15 is 0 Å². The second-order valence-corrected chi connectivity index (χ2v) is 4.86. The van der Waals surface area contributed by atoms with Gasteiger partial charge in [0.25, 0.3) is 0 Å². The van der Waals surface area contributed by atoms with Gasteiger partial charge in [-0.3, -0.25) is 4.79 Å². The molecule has 5 heteroatoms. The second kappa shape index (κ2) is 6.45. The quantitative estimate of drug-likeness (QED) is 0.851. The van der Waals surface area contributed by atoms with Crippen LogP contribution in [0.3, 0.4) is 0 Å². The third-order valence-corrected chi connectivity index (χ3v) is 3.30. The molecule has 0 spiro atoms. The topological polar surface area (TPSA) is 68.0 Å². The first-order chi connectivity index (χ1) is 9.16. The molecule has 0 fully saturated rings. The number of carbonyl (C=O) groups is 1. The molecule has 1 aromatic heterocycles. The van der Waals surface area contributed by atoms with Crippen molar-refractivity contribution < 1.29 is 4.79 Å². The Hall–Kier alpha value is -1.72. The van der Waals surface area contributed by atoms with Gasteiger partial charge in [0.05, 0.1) is 5.69 Å². The van der Waals surface area contributed by atoms with Crippen molar-refractivity contribution in [3.63, 3.8) is 0 Å². The molecule has 0 aliphatic rings. The number of nitrogens with zero attached hydrogens (tertiary/aromatic N) is 1. The number of halogens is 1. The van der Waals surface area contributed by atoms with E-state index in [0.29, 0.717) is 10.3 Å². The first kappa shape index (κ1) is 13.7. The van der Waals surface area contributed by atoms with Gasteiger partial charge in [-0.2, -0.15) is 0 Å². The summed E-state index contributed by atoms with van der Waals surface area (Å²) in [7, 11) is 0. The van der Waals surface area contributed by atoms with Crippen LogP contribution in [0.25, 0.3) is 0 Å². The molecule has 0 aliphatic heterocycles. The largest absolute Gasteiger partial charge is 0.324 e. The molecule has 1 amide bonds. The highest BCUT2D eigenvalue weighted by atomic mass is 79.9. The van der Waals surface area contributed by atoms with E-state index in [1.807, 2.05) is 30.3 Å². The Morgan fingerprint density at radius 2 is 2.00 bits per heavy atom. The van der Waals surface area contributed by atoms with E-state index in [1.54, 1.807) is 18.3 Å². The van der Waals surface area contributed by atoms with Gasteiger partial charge >= 0.3 is 0 Å². The highest BCUT2D eigenvalue weighted by Crippen LogP contribution is 2.20. The fraction of sp³-hybridized carbons (Fsp3) is 0.143. The van der Waals surface area contributed by atoms with Gasteiger partial charge in [0, 0.05) is 18.7 Å². The summed E-state index contributed by atoms with van der Waals surface area (Å²) in [6, 6.07) is 12.8. The van der Waals surface area contributed by atoms with E-state index in [0.717, 1.165) is 5.56 Å². The number of aromatic nitrogens is 1. The van der Waals surface area contributed by atoms with E-state index in [4.69, 9.17) is 5.73 Å². The number of anilines is 1. The summed E-state index contributed by atoms with van der Waals surface area (Å²) in [6.45, 7) is 0. The number of carbonyl (C=O) groups excluding carboxylic acids is 1. The molecule has 1 atom stereocenters. The van der Waals surface area contributed by atoms with Crippen molar-refractivity contribution in [3.8, 4) is 0 Å². The van der Waals surface area contributed by atoms with Gasteiger partial charge in [0.2, 0.25) is 5.91 Å². The number of benzene rings is 1. The Kier molecular flexibility index (Phi) is 4.65. The SMILES string of the molecule is NC(CC(=O)Nc1cccnc1Br)c1ccccc1. The van der Waals surface area contributed by atoms with Crippen LogP contribution in [0.1, 0.15) is 18.0 Å². The number of amides is 1. The Morgan fingerprint density at radius 1 is 1.26 bits per heavy atom. The molecule has 0 saturated heterocycles. The summed E-state index contributed by atoms with van der Waals surface area (Å²) in [5.74, 6) is -0.134. The lowest BCUT2D eigenvalue weighted by Gasteiger charge is -2.12. The summed E-state index contributed by atoms with van der Waals surface area (Å²) in [6.07, 6.45) is 1.88. The normalized spacial score (nSPS) is 11.9. The van der Waals surface area contributed by atoms with E-state index in [1.165, 1.54) is 0 Å². The van der Waals surface area contributed by atoms with Gasteiger partial charge in [-0.25, -0.2) is 4.98 Å². The van der Waals surface area contributed by atoms with E-state index in [-0.39, 0.29) is 18.4 Å². The predicted octanol–water partition coefficient (Wildman–Crippen LogP) is 2.87. The third-order valence-electron chi connectivity index (χ3n) is 2.67. The van der Waals surface area contributed by atoms with E-state index < -0.39 is 0 Å². The van der Waals surface area contributed by atoms with Gasteiger partial charge in [0.15, 0.2) is 0 Å². The highest BCUT2D eigenvalue weighted by Gasteiger charge is 2.12. The van der Waals surface area contributed by atoms with Crippen LogP contribution in [-0.4, -0.2) is 10.9 Å². The van der Waals surface area contributed by atoms with E-state index in [2.05, 4.69) is 26.2 Å². The highest BCUT2D eigenvalue weighted by molar-refractivity contribution is 9.10. The first-order valence-electron chi connectivity index (χ1n) is 5.87. The van der Waals surface area contributed by atoms with Gasteiger partial charge in [-0.05, 0) is 33.6 Å². The summed E-state index contributed by atoms with van der Waals surface area (Å²) in [5.41, 5.74) is 7.59. The fourth-order valence-electron chi connectivity index (χ4n) is 1.70. The molecule has 0 saturated carbocycles. The Balaban J connectivity index is 1.97. The van der Waals surface area contributed by atoms with Crippen LogP contribution in [0.5, 0.6) is 0 Å². The molecule has 4 nitrogen and oxygen atoms in total. The Labute approximate surface area is 120 Å². The standard InChI is InChI=1S/C14H14BrN3O/c15-14-12(7-4-8-17-14)18-13(19)9-11(16)10-5-2-1-3-6-10/h1-8,11H,9,16H2,(H,18,19). The molecule has 0 bridgehead atoms.